The fourth-order valence-corrected chi connectivity index (χ4v) is 3.77. The zero-order valence-electron chi connectivity index (χ0n) is 10.9. The van der Waals surface area contributed by atoms with Crippen LogP contribution in [-0.4, -0.2) is 50.3 Å². The summed E-state index contributed by atoms with van der Waals surface area (Å²) in [6, 6.07) is 0. The van der Waals surface area contributed by atoms with E-state index in [0.29, 0.717) is 38.5 Å². The van der Waals surface area contributed by atoms with Gasteiger partial charge in [-0.1, -0.05) is 13.3 Å². The minimum atomic E-state index is -3.25. The minimum Gasteiger partial charge on any atom is -0.330 e. The average molecular weight is 263 g/mol. The van der Waals surface area contributed by atoms with Crippen LogP contribution in [0.1, 0.15) is 32.6 Å². The molecule has 1 saturated heterocycles. The maximum Gasteiger partial charge on any atom is 0.281 e. The lowest BCUT2D eigenvalue weighted by atomic mass is 10.0. The Morgan fingerprint density at radius 2 is 2.18 bits per heavy atom. The van der Waals surface area contributed by atoms with E-state index in [0.717, 1.165) is 19.3 Å². The van der Waals surface area contributed by atoms with Crippen LogP contribution >= 0.6 is 0 Å². The Morgan fingerprint density at radius 3 is 2.76 bits per heavy atom. The third kappa shape index (κ3) is 3.91. The second-order valence-corrected chi connectivity index (χ2v) is 6.81. The van der Waals surface area contributed by atoms with Gasteiger partial charge in [-0.3, -0.25) is 0 Å². The Labute approximate surface area is 105 Å². The average Bonchev–Trinajstić information content (AvgIpc) is 2.75. The molecule has 0 saturated carbocycles. The summed E-state index contributed by atoms with van der Waals surface area (Å²) in [5.41, 5.74) is 5.40. The van der Waals surface area contributed by atoms with Gasteiger partial charge in [0.1, 0.15) is 0 Å². The third-order valence-electron chi connectivity index (χ3n) is 3.34. The number of rotatable bonds is 7. The van der Waals surface area contributed by atoms with Crippen molar-refractivity contribution in [1.82, 2.24) is 8.61 Å². The molecule has 1 atom stereocenters. The predicted octanol–water partition coefficient (Wildman–Crippen LogP) is 0.634. The maximum atomic E-state index is 12.2. The fraction of sp³-hybridized carbons (Fsp3) is 1.00. The Hall–Kier alpha value is -0.170. The van der Waals surface area contributed by atoms with Gasteiger partial charge < -0.3 is 5.73 Å². The van der Waals surface area contributed by atoms with Crippen molar-refractivity contribution in [3.05, 3.63) is 0 Å². The van der Waals surface area contributed by atoms with Crippen LogP contribution in [0.5, 0.6) is 0 Å². The molecule has 5 nitrogen and oxygen atoms in total. The van der Waals surface area contributed by atoms with E-state index in [1.54, 1.807) is 11.4 Å². The molecule has 1 rings (SSSR count). The minimum absolute atomic E-state index is 0.508. The van der Waals surface area contributed by atoms with Crippen molar-refractivity contribution in [2.45, 2.75) is 32.6 Å². The first kappa shape index (κ1) is 14.9. The van der Waals surface area contributed by atoms with Gasteiger partial charge in [-0.15, -0.1) is 0 Å². The van der Waals surface area contributed by atoms with Crippen LogP contribution in [0.15, 0.2) is 0 Å². The molecule has 1 aliphatic heterocycles. The highest BCUT2D eigenvalue weighted by Crippen LogP contribution is 2.24. The van der Waals surface area contributed by atoms with Gasteiger partial charge in [0, 0.05) is 26.7 Å². The van der Waals surface area contributed by atoms with E-state index in [9.17, 15) is 8.42 Å². The second kappa shape index (κ2) is 6.68. The standard InChI is InChI=1S/C11H25N3O2S/c1-3-5-11-6-9-14(10-11)17(15,16)13(2)8-4-7-12/h11H,3-10,12H2,1-2H3. The lowest BCUT2D eigenvalue weighted by Gasteiger charge is -2.24. The molecule has 17 heavy (non-hydrogen) atoms. The number of nitrogens with zero attached hydrogens (tertiary/aromatic N) is 2. The Bertz CT molecular complexity index is 319. The summed E-state index contributed by atoms with van der Waals surface area (Å²) >= 11 is 0. The Balaban J connectivity index is 2.53. The van der Waals surface area contributed by atoms with Crippen molar-refractivity contribution in [2.75, 3.05) is 33.2 Å². The highest BCUT2D eigenvalue weighted by atomic mass is 32.2. The molecular weight excluding hydrogens is 238 g/mol. The van der Waals surface area contributed by atoms with Crippen LogP contribution in [0.4, 0.5) is 0 Å². The summed E-state index contributed by atoms with van der Waals surface area (Å²) in [6.07, 6.45) is 3.96. The fourth-order valence-electron chi connectivity index (χ4n) is 2.28. The van der Waals surface area contributed by atoms with Gasteiger partial charge >= 0.3 is 0 Å². The van der Waals surface area contributed by atoms with Crippen molar-refractivity contribution < 1.29 is 8.42 Å². The van der Waals surface area contributed by atoms with Crippen molar-refractivity contribution >= 4 is 10.2 Å². The highest BCUT2D eigenvalue weighted by molar-refractivity contribution is 7.86. The van der Waals surface area contributed by atoms with Gasteiger partial charge in [0.05, 0.1) is 0 Å². The molecule has 0 aromatic carbocycles. The van der Waals surface area contributed by atoms with Gasteiger partial charge in [0.25, 0.3) is 10.2 Å². The lowest BCUT2D eigenvalue weighted by molar-refractivity contribution is 0.381. The molecule has 1 fully saturated rings. The van der Waals surface area contributed by atoms with E-state index in [1.165, 1.54) is 4.31 Å². The molecule has 2 N–H and O–H groups in total. The molecule has 6 heteroatoms. The maximum absolute atomic E-state index is 12.2. The molecule has 1 unspecified atom stereocenters. The quantitative estimate of drug-likeness (QED) is 0.733. The molecule has 0 spiro atoms. The smallest absolute Gasteiger partial charge is 0.281 e. The number of hydrogen-bond donors (Lipinski definition) is 1. The number of hydrogen-bond acceptors (Lipinski definition) is 3. The summed E-state index contributed by atoms with van der Waals surface area (Å²) in [6.45, 7) is 4.53. The molecule has 0 aromatic heterocycles. The van der Waals surface area contributed by atoms with E-state index in [-0.39, 0.29) is 0 Å². The summed E-state index contributed by atoms with van der Waals surface area (Å²) < 4.78 is 27.4. The van der Waals surface area contributed by atoms with Crippen LogP contribution in [0.3, 0.4) is 0 Å². The zero-order valence-corrected chi connectivity index (χ0v) is 11.7. The molecule has 0 aromatic rings. The van der Waals surface area contributed by atoms with E-state index in [2.05, 4.69) is 6.92 Å². The normalized spacial score (nSPS) is 22.5. The molecule has 0 bridgehead atoms. The topological polar surface area (TPSA) is 66.6 Å². The zero-order chi connectivity index (χ0) is 12.9. The van der Waals surface area contributed by atoms with Crippen LogP contribution in [0, 0.1) is 5.92 Å². The van der Waals surface area contributed by atoms with Crippen molar-refractivity contribution in [3.63, 3.8) is 0 Å². The Kier molecular flexibility index (Phi) is 5.85. The molecule has 1 aliphatic rings. The third-order valence-corrected chi connectivity index (χ3v) is 5.30. The van der Waals surface area contributed by atoms with Crippen molar-refractivity contribution in [2.24, 2.45) is 11.7 Å². The van der Waals surface area contributed by atoms with Gasteiger partial charge in [-0.05, 0) is 31.7 Å². The summed E-state index contributed by atoms with van der Waals surface area (Å²) in [5, 5.41) is 0. The van der Waals surface area contributed by atoms with Crippen LogP contribution in [0.25, 0.3) is 0 Å². The second-order valence-electron chi connectivity index (χ2n) is 4.77. The SMILES string of the molecule is CCCC1CCN(S(=O)(=O)N(C)CCCN)C1. The van der Waals surface area contributed by atoms with Crippen molar-refractivity contribution in [1.29, 1.82) is 0 Å². The lowest BCUT2D eigenvalue weighted by Crippen LogP contribution is -2.41. The van der Waals surface area contributed by atoms with E-state index >= 15 is 0 Å². The van der Waals surface area contributed by atoms with Crippen LogP contribution in [-0.2, 0) is 10.2 Å². The largest absolute Gasteiger partial charge is 0.330 e. The van der Waals surface area contributed by atoms with Gasteiger partial charge in [0.2, 0.25) is 0 Å². The molecule has 0 aliphatic carbocycles. The monoisotopic (exact) mass is 263 g/mol. The molecule has 0 amide bonds. The van der Waals surface area contributed by atoms with E-state index in [4.69, 9.17) is 5.73 Å². The summed E-state index contributed by atoms with van der Waals surface area (Å²) in [4.78, 5) is 0. The molecule has 1 heterocycles. The van der Waals surface area contributed by atoms with E-state index < -0.39 is 10.2 Å². The molecular formula is C11H25N3O2S. The number of nitrogens with two attached hydrogens (primary N) is 1. The molecule has 0 radical (unpaired) electrons. The molecule has 102 valence electrons. The van der Waals surface area contributed by atoms with Crippen LogP contribution < -0.4 is 5.73 Å². The van der Waals surface area contributed by atoms with Gasteiger partial charge in [-0.25, -0.2) is 0 Å². The first-order valence-corrected chi connectivity index (χ1v) is 7.83. The highest BCUT2D eigenvalue weighted by Gasteiger charge is 2.33. The summed E-state index contributed by atoms with van der Waals surface area (Å²) in [7, 11) is -1.61. The van der Waals surface area contributed by atoms with Gasteiger partial charge in [-0.2, -0.15) is 17.0 Å². The van der Waals surface area contributed by atoms with Crippen LogP contribution in [0.2, 0.25) is 0 Å². The first-order chi connectivity index (χ1) is 8.02. The predicted molar refractivity (Wildman–Crippen MR) is 69.8 cm³/mol. The van der Waals surface area contributed by atoms with Crippen molar-refractivity contribution in [3.8, 4) is 0 Å². The Morgan fingerprint density at radius 1 is 1.47 bits per heavy atom. The van der Waals surface area contributed by atoms with Gasteiger partial charge in [0.15, 0.2) is 0 Å². The summed E-state index contributed by atoms with van der Waals surface area (Å²) in [5.74, 6) is 0.540. The van der Waals surface area contributed by atoms with E-state index in [1.807, 2.05) is 0 Å². The first-order valence-electron chi connectivity index (χ1n) is 6.43.